The number of nitrogens with one attached hydrogen (secondary N) is 1. The fourth-order valence-corrected chi connectivity index (χ4v) is 5.02. The molecular formula is C19H28N4O2. The monoisotopic (exact) mass is 344 g/mol. The number of nitrogens with zero attached hydrogens (tertiary/aromatic N) is 3. The minimum atomic E-state index is -0.0615. The van der Waals surface area contributed by atoms with E-state index in [9.17, 15) is 9.59 Å². The molecule has 6 heteroatoms. The number of aromatic nitrogens is 2. The standard InChI is InChI=1S/C19H28N4O2/c1-22-12-16(11-21-22)18(24)20-10-13-4-6-23(7-5-13)19(25)17-9-14-2-3-15(17)8-14/h11-15,17H,2-10H2,1H3,(H,20,24). The molecule has 1 aromatic rings. The van der Waals surface area contributed by atoms with E-state index in [4.69, 9.17) is 0 Å². The zero-order valence-corrected chi connectivity index (χ0v) is 15.0. The second kappa shape index (κ2) is 6.81. The van der Waals surface area contributed by atoms with Crippen LogP contribution in [0.1, 0.15) is 48.9 Å². The van der Waals surface area contributed by atoms with E-state index in [1.807, 2.05) is 0 Å². The van der Waals surface area contributed by atoms with Crippen LogP contribution >= 0.6 is 0 Å². The van der Waals surface area contributed by atoms with E-state index in [2.05, 4.69) is 15.3 Å². The maximum atomic E-state index is 12.8. The SMILES string of the molecule is Cn1cc(C(=O)NCC2CCN(C(=O)C3CC4CCC3C4)CC2)cn1. The van der Waals surface area contributed by atoms with E-state index >= 15 is 0 Å². The van der Waals surface area contributed by atoms with Crippen LogP contribution in [0.25, 0.3) is 0 Å². The van der Waals surface area contributed by atoms with E-state index in [-0.39, 0.29) is 5.91 Å². The zero-order valence-electron chi connectivity index (χ0n) is 15.0. The molecule has 3 fully saturated rings. The van der Waals surface area contributed by atoms with Crippen molar-refractivity contribution in [1.29, 1.82) is 0 Å². The van der Waals surface area contributed by atoms with Gasteiger partial charge >= 0.3 is 0 Å². The highest BCUT2D eigenvalue weighted by Gasteiger charge is 2.44. The number of carbonyl (C=O) groups is 2. The quantitative estimate of drug-likeness (QED) is 0.906. The van der Waals surface area contributed by atoms with Gasteiger partial charge in [-0.25, -0.2) is 0 Å². The molecule has 2 saturated carbocycles. The van der Waals surface area contributed by atoms with E-state index in [0.29, 0.717) is 35.8 Å². The summed E-state index contributed by atoms with van der Waals surface area (Å²) in [4.78, 5) is 27.0. The number of likely N-dealkylation sites (tertiary alicyclic amines) is 1. The molecule has 2 aliphatic carbocycles. The molecule has 0 spiro atoms. The molecule has 6 nitrogen and oxygen atoms in total. The maximum Gasteiger partial charge on any atom is 0.254 e. The lowest BCUT2D eigenvalue weighted by atomic mass is 9.86. The lowest BCUT2D eigenvalue weighted by Gasteiger charge is -2.35. The first-order valence-electron chi connectivity index (χ1n) is 9.66. The molecule has 0 aromatic carbocycles. The van der Waals surface area contributed by atoms with Crippen molar-refractivity contribution >= 4 is 11.8 Å². The molecule has 4 rings (SSSR count). The van der Waals surface area contributed by atoms with Crippen molar-refractivity contribution in [2.45, 2.75) is 38.5 Å². The van der Waals surface area contributed by atoms with Crippen molar-refractivity contribution < 1.29 is 9.59 Å². The summed E-state index contributed by atoms with van der Waals surface area (Å²) in [6.07, 6.45) is 10.3. The number of fused-ring (bicyclic) bond motifs is 2. The molecule has 1 aromatic heterocycles. The molecule has 3 unspecified atom stereocenters. The van der Waals surface area contributed by atoms with Gasteiger partial charge in [-0.05, 0) is 49.9 Å². The Morgan fingerprint density at radius 3 is 2.60 bits per heavy atom. The highest BCUT2D eigenvalue weighted by molar-refractivity contribution is 5.93. The highest BCUT2D eigenvalue weighted by Crippen LogP contribution is 2.49. The Morgan fingerprint density at radius 1 is 1.20 bits per heavy atom. The first kappa shape index (κ1) is 16.6. The Hall–Kier alpha value is -1.85. The molecule has 3 aliphatic rings. The summed E-state index contributed by atoms with van der Waals surface area (Å²) in [6.45, 7) is 2.38. The third-order valence-corrected chi connectivity index (χ3v) is 6.50. The Morgan fingerprint density at radius 2 is 2.00 bits per heavy atom. The van der Waals surface area contributed by atoms with Crippen LogP contribution in [0.3, 0.4) is 0 Å². The van der Waals surface area contributed by atoms with Crippen molar-refractivity contribution in [3.8, 4) is 0 Å². The lowest BCUT2D eigenvalue weighted by molar-refractivity contribution is -0.138. The van der Waals surface area contributed by atoms with Gasteiger partial charge in [-0.1, -0.05) is 6.42 Å². The lowest BCUT2D eigenvalue weighted by Crippen LogP contribution is -2.44. The average Bonchev–Trinajstić information content (AvgIpc) is 3.36. The van der Waals surface area contributed by atoms with Crippen LogP contribution in [0.5, 0.6) is 0 Å². The van der Waals surface area contributed by atoms with E-state index in [1.165, 1.54) is 19.3 Å². The van der Waals surface area contributed by atoms with Gasteiger partial charge in [-0.3, -0.25) is 14.3 Å². The van der Waals surface area contributed by atoms with Gasteiger partial charge in [0.1, 0.15) is 0 Å². The molecule has 2 heterocycles. The number of hydrogen-bond donors (Lipinski definition) is 1. The summed E-state index contributed by atoms with van der Waals surface area (Å²) in [5.74, 6) is 2.59. The summed E-state index contributed by atoms with van der Waals surface area (Å²) < 4.78 is 1.63. The maximum absolute atomic E-state index is 12.8. The first-order chi connectivity index (χ1) is 12.1. The second-order valence-corrected chi connectivity index (χ2v) is 8.16. The van der Waals surface area contributed by atoms with E-state index in [1.54, 1.807) is 24.1 Å². The van der Waals surface area contributed by atoms with Crippen LogP contribution in [0.2, 0.25) is 0 Å². The predicted octanol–water partition coefficient (Wildman–Crippen LogP) is 1.82. The highest BCUT2D eigenvalue weighted by atomic mass is 16.2. The van der Waals surface area contributed by atoms with E-state index in [0.717, 1.165) is 38.3 Å². The summed E-state index contributed by atoms with van der Waals surface area (Å²) in [5.41, 5.74) is 0.603. The van der Waals surface area contributed by atoms with Crippen molar-refractivity contribution in [3.05, 3.63) is 18.0 Å². The van der Waals surface area contributed by atoms with Crippen molar-refractivity contribution in [3.63, 3.8) is 0 Å². The van der Waals surface area contributed by atoms with E-state index < -0.39 is 0 Å². The number of hydrogen-bond acceptors (Lipinski definition) is 3. The smallest absolute Gasteiger partial charge is 0.254 e. The van der Waals surface area contributed by atoms with Gasteiger partial charge in [-0.2, -0.15) is 5.10 Å². The zero-order chi connectivity index (χ0) is 17.4. The molecule has 1 N–H and O–H groups in total. The molecule has 2 bridgehead atoms. The van der Waals surface area contributed by atoms with Crippen LogP contribution in [0.4, 0.5) is 0 Å². The van der Waals surface area contributed by atoms with Gasteiger partial charge in [0.15, 0.2) is 0 Å². The molecule has 3 atom stereocenters. The second-order valence-electron chi connectivity index (χ2n) is 8.16. The number of rotatable bonds is 4. The largest absolute Gasteiger partial charge is 0.352 e. The molecule has 0 radical (unpaired) electrons. The first-order valence-corrected chi connectivity index (χ1v) is 9.66. The summed E-state index contributed by atoms with van der Waals surface area (Å²) in [7, 11) is 1.81. The summed E-state index contributed by atoms with van der Waals surface area (Å²) in [5, 5.41) is 7.03. The van der Waals surface area contributed by atoms with Crippen LogP contribution < -0.4 is 5.32 Å². The molecule has 1 aliphatic heterocycles. The van der Waals surface area contributed by atoms with Crippen LogP contribution in [0, 0.1) is 23.7 Å². The van der Waals surface area contributed by atoms with Crippen LogP contribution in [0.15, 0.2) is 12.4 Å². The Kier molecular flexibility index (Phi) is 4.52. The average molecular weight is 344 g/mol. The normalized spacial score (nSPS) is 29.2. The number of carbonyl (C=O) groups excluding carboxylic acids is 2. The number of amides is 2. The van der Waals surface area contributed by atoms with Crippen molar-refractivity contribution in [2.24, 2.45) is 30.7 Å². The molecule has 1 saturated heterocycles. The van der Waals surface area contributed by atoms with Gasteiger partial charge in [0.2, 0.25) is 5.91 Å². The minimum absolute atomic E-state index is 0.0615. The summed E-state index contributed by atoms with van der Waals surface area (Å²) >= 11 is 0. The van der Waals surface area contributed by atoms with Gasteiger partial charge in [-0.15, -0.1) is 0 Å². The van der Waals surface area contributed by atoms with Crippen molar-refractivity contribution in [2.75, 3.05) is 19.6 Å². The van der Waals surface area contributed by atoms with Gasteiger partial charge in [0.25, 0.3) is 5.91 Å². The summed E-state index contributed by atoms with van der Waals surface area (Å²) in [6, 6.07) is 0. The molecule has 136 valence electrons. The van der Waals surface area contributed by atoms with Crippen LogP contribution in [-0.4, -0.2) is 46.1 Å². The fourth-order valence-electron chi connectivity index (χ4n) is 5.02. The van der Waals surface area contributed by atoms with Gasteiger partial charge in [0, 0.05) is 38.8 Å². The third-order valence-electron chi connectivity index (χ3n) is 6.50. The fraction of sp³-hybridized carbons (Fsp3) is 0.737. The van der Waals surface area contributed by atoms with Gasteiger partial charge in [0.05, 0.1) is 11.8 Å². The minimum Gasteiger partial charge on any atom is -0.352 e. The molecule has 2 amide bonds. The van der Waals surface area contributed by atoms with Crippen molar-refractivity contribution in [1.82, 2.24) is 20.0 Å². The third kappa shape index (κ3) is 3.44. The number of aryl methyl sites for hydroxylation is 1. The van der Waals surface area contributed by atoms with Crippen LogP contribution in [-0.2, 0) is 11.8 Å². The topological polar surface area (TPSA) is 67.2 Å². The molecular weight excluding hydrogens is 316 g/mol. The Labute approximate surface area is 148 Å². The Balaban J connectivity index is 1.22. The molecule has 25 heavy (non-hydrogen) atoms. The number of piperidine rings is 1. The predicted molar refractivity (Wildman–Crippen MR) is 93.8 cm³/mol. The Bertz CT molecular complexity index is 648. The van der Waals surface area contributed by atoms with Gasteiger partial charge < -0.3 is 10.2 Å².